The highest BCUT2D eigenvalue weighted by atomic mass is 16.1. The van der Waals surface area contributed by atoms with Crippen molar-refractivity contribution in [2.24, 2.45) is 0 Å². The van der Waals surface area contributed by atoms with Crippen LogP contribution in [-0.4, -0.2) is 5.78 Å². The molecule has 13 heavy (non-hydrogen) atoms. The van der Waals surface area contributed by atoms with Gasteiger partial charge in [0.1, 0.15) is 0 Å². The van der Waals surface area contributed by atoms with Crippen molar-refractivity contribution in [2.75, 3.05) is 0 Å². The number of rotatable bonds is 3. The fourth-order valence-electron chi connectivity index (χ4n) is 1.16. The number of allylic oxidation sites excluding steroid dienone is 1. The number of hydrogen-bond donors (Lipinski definition) is 0. The van der Waals surface area contributed by atoms with E-state index in [2.05, 4.69) is 13.5 Å². The summed E-state index contributed by atoms with van der Waals surface area (Å²) in [7, 11) is 0. The summed E-state index contributed by atoms with van der Waals surface area (Å²) in [5.41, 5.74) is 1.96. The second kappa shape index (κ2) is 4.04. The molecule has 0 heterocycles. The van der Waals surface area contributed by atoms with E-state index in [9.17, 15) is 4.79 Å². The average molecular weight is 174 g/mol. The van der Waals surface area contributed by atoms with Gasteiger partial charge in [-0.3, -0.25) is 4.79 Å². The van der Waals surface area contributed by atoms with Crippen molar-refractivity contribution in [2.45, 2.75) is 19.8 Å². The topological polar surface area (TPSA) is 17.1 Å². The summed E-state index contributed by atoms with van der Waals surface area (Å²) in [6.45, 7) is 7.38. The number of benzene rings is 1. The summed E-state index contributed by atoms with van der Waals surface area (Å²) >= 11 is 0. The number of carbonyl (C=O) groups is 1. The zero-order valence-electron chi connectivity index (χ0n) is 8.08. The Bertz CT molecular complexity index is 308. The quantitative estimate of drug-likeness (QED) is 0.508. The molecule has 0 aliphatic heterocycles. The molecule has 0 unspecified atom stereocenters. The van der Waals surface area contributed by atoms with Crippen molar-refractivity contribution in [3.05, 3.63) is 48.0 Å². The van der Waals surface area contributed by atoms with E-state index in [1.165, 1.54) is 5.56 Å². The van der Waals surface area contributed by atoms with E-state index in [1.54, 1.807) is 6.92 Å². The second-order valence-corrected chi connectivity index (χ2v) is 3.20. The van der Waals surface area contributed by atoms with Gasteiger partial charge < -0.3 is 0 Å². The smallest absolute Gasteiger partial charge is 0.159 e. The largest absolute Gasteiger partial charge is 0.295 e. The molecule has 0 fully saturated rings. The highest BCUT2D eigenvalue weighted by molar-refractivity contribution is 5.94. The van der Waals surface area contributed by atoms with Crippen molar-refractivity contribution in [1.29, 1.82) is 0 Å². The zero-order chi connectivity index (χ0) is 9.84. The SMILES string of the molecule is C=C[C@@H](C)c1ccc(C(C)=O)cc1. The molecule has 1 aromatic carbocycles. The number of carbonyl (C=O) groups excluding carboxylic acids is 1. The first-order valence-corrected chi connectivity index (χ1v) is 4.38. The Hall–Kier alpha value is -1.37. The van der Waals surface area contributed by atoms with E-state index < -0.39 is 0 Å². The summed E-state index contributed by atoms with van der Waals surface area (Å²) in [6, 6.07) is 7.67. The molecule has 1 aromatic rings. The standard InChI is InChI=1S/C12H14O/c1-4-9(2)11-5-7-12(8-6-11)10(3)13/h4-9H,1H2,2-3H3/t9-/m1/s1. The summed E-state index contributed by atoms with van der Waals surface area (Å²) in [4.78, 5) is 11.0. The van der Waals surface area contributed by atoms with Gasteiger partial charge in [0.25, 0.3) is 0 Å². The van der Waals surface area contributed by atoms with Crippen LogP contribution in [0.25, 0.3) is 0 Å². The molecule has 0 saturated carbocycles. The molecule has 0 aliphatic rings. The van der Waals surface area contributed by atoms with Crippen LogP contribution >= 0.6 is 0 Å². The normalized spacial score (nSPS) is 12.2. The molecule has 0 spiro atoms. The number of ketones is 1. The first kappa shape index (κ1) is 9.72. The molecule has 68 valence electrons. The van der Waals surface area contributed by atoms with Crippen LogP contribution in [0.15, 0.2) is 36.9 Å². The second-order valence-electron chi connectivity index (χ2n) is 3.20. The van der Waals surface area contributed by atoms with Crippen molar-refractivity contribution in [3.63, 3.8) is 0 Å². The van der Waals surface area contributed by atoms with Crippen LogP contribution < -0.4 is 0 Å². The van der Waals surface area contributed by atoms with Gasteiger partial charge in [-0.15, -0.1) is 6.58 Å². The Morgan fingerprint density at radius 1 is 1.38 bits per heavy atom. The predicted molar refractivity (Wildman–Crippen MR) is 55.1 cm³/mol. The summed E-state index contributed by atoms with van der Waals surface area (Å²) in [5, 5.41) is 0. The van der Waals surface area contributed by atoms with Gasteiger partial charge in [0.05, 0.1) is 0 Å². The van der Waals surface area contributed by atoms with Crippen LogP contribution in [0.5, 0.6) is 0 Å². The fraction of sp³-hybridized carbons (Fsp3) is 0.250. The van der Waals surface area contributed by atoms with Crippen molar-refractivity contribution in [1.82, 2.24) is 0 Å². The molecule has 0 saturated heterocycles. The minimum Gasteiger partial charge on any atom is -0.295 e. The number of hydrogen-bond acceptors (Lipinski definition) is 1. The van der Waals surface area contributed by atoms with E-state index >= 15 is 0 Å². The molecule has 0 radical (unpaired) electrons. The van der Waals surface area contributed by atoms with Crippen molar-refractivity contribution >= 4 is 5.78 Å². The third-order valence-electron chi connectivity index (χ3n) is 2.20. The molecule has 0 aromatic heterocycles. The van der Waals surface area contributed by atoms with Gasteiger partial charge in [-0.2, -0.15) is 0 Å². The van der Waals surface area contributed by atoms with E-state index in [0.29, 0.717) is 5.92 Å². The Labute approximate surface area is 79.1 Å². The van der Waals surface area contributed by atoms with Crippen LogP contribution in [-0.2, 0) is 0 Å². The third kappa shape index (κ3) is 2.28. The maximum absolute atomic E-state index is 11.0. The molecule has 1 nitrogen and oxygen atoms in total. The van der Waals surface area contributed by atoms with E-state index in [0.717, 1.165) is 5.56 Å². The molecule has 1 heteroatoms. The summed E-state index contributed by atoms with van der Waals surface area (Å²) in [5.74, 6) is 0.457. The minimum absolute atomic E-state index is 0.109. The van der Waals surface area contributed by atoms with Crippen LogP contribution in [0.1, 0.15) is 35.7 Å². The Kier molecular flexibility index (Phi) is 3.02. The lowest BCUT2D eigenvalue weighted by molar-refractivity contribution is 0.101. The summed E-state index contributed by atoms with van der Waals surface area (Å²) < 4.78 is 0. The maximum atomic E-state index is 11.0. The van der Waals surface area contributed by atoms with Gasteiger partial charge in [0.2, 0.25) is 0 Å². The fourth-order valence-corrected chi connectivity index (χ4v) is 1.16. The van der Waals surface area contributed by atoms with Crippen LogP contribution in [0, 0.1) is 0 Å². The van der Waals surface area contributed by atoms with E-state index in [1.807, 2.05) is 30.3 Å². The average Bonchev–Trinajstić information content (AvgIpc) is 2.17. The lowest BCUT2D eigenvalue weighted by atomic mass is 9.99. The van der Waals surface area contributed by atoms with Crippen LogP contribution in [0.4, 0.5) is 0 Å². The van der Waals surface area contributed by atoms with Gasteiger partial charge in [-0.25, -0.2) is 0 Å². The lowest BCUT2D eigenvalue weighted by Gasteiger charge is -2.05. The van der Waals surface area contributed by atoms with Gasteiger partial charge in [-0.1, -0.05) is 37.3 Å². The maximum Gasteiger partial charge on any atom is 0.159 e. The van der Waals surface area contributed by atoms with Crippen molar-refractivity contribution in [3.8, 4) is 0 Å². The Balaban J connectivity index is 2.93. The van der Waals surface area contributed by atoms with Gasteiger partial charge >= 0.3 is 0 Å². The van der Waals surface area contributed by atoms with E-state index in [4.69, 9.17) is 0 Å². The Morgan fingerprint density at radius 2 is 1.92 bits per heavy atom. The highest BCUT2D eigenvalue weighted by Gasteiger charge is 2.02. The molecule has 0 aliphatic carbocycles. The predicted octanol–water partition coefficient (Wildman–Crippen LogP) is 3.18. The zero-order valence-corrected chi connectivity index (χ0v) is 8.08. The molecular formula is C12H14O. The lowest BCUT2D eigenvalue weighted by Crippen LogP contribution is -1.93. The first-order chi connectivity index (χ1) is 6.15. The first-order valence-electron chi connectivity index (χ1n) is 4.38. The number of Topliss-reactive ketones (excluding diaryl/α,β-unsaturated/α-hetero) is 1. The third-order valence-corrected chi connectivity index (χ3v) is 2.20. The summed E-state index contributed by atoms with van der Waals surface area (Å²) in [6.07, 6.45) is 1.89. The minimum atomic E-state index is 0.109. The Morgan fingerprint density at radius 3 is 2.31 bits per heavy atom. The van der Waals surface area contributed by atoms with Gasteiger partial charge in [0, 0.05) is 5.56 Å². The molecule has 0 N–H and O–H groups in total. The molecule has 0 bridgehead atoms. The molecule has 0 amide bonds. The molecule has 1 rings (SSSR count). The van der Waals surface area contributed by atoms with Gasteiger partial charge in [0.15, 0.2) is 5.78 Å². The van der Waals surface area contributed by atoms with Crippen molar-refractivity contribution < 1.29 is 4.79 Å². The van der Waals surface area contributed by atoms with E-state index in [-0.39, 0.29) is 5.78 Å². The molecular weight excluding hydrogens is 160 g/mol. The van der Waals surface area contributed by atoms with Gasteiger partial charge in [-0.05, 0) is 18.4 Å². The van der Waals surface area contributed by atoms with Crippen LogP contribution in [0.3, 0.4) is 0 Å². The monoisotopic (exact) mass is 174 g/mol. The molecule has 1 atom stereocenters. The van der Waals surface area contributed by atoms with Crippen LogP contribution in [0.2, 0.25) is 0 Å². The highest BCUT2D eigenvalue weighted by Crippen LogP contribution is 2.16.